The molecule has 30 heavy (non-hydrogen) atoms. The average molecular weight is 400 g/mol. The van der Waals surface area contributed by atoms with Gasteiger partial charge in [-0.05, 0) is 41.3 Å². The van der Waals surface area contributed by atoms with E-state index >= 15 is 0 Å². The molecular weight excluding hydrogens is 376 g/mol. The smallest absolute Gasteiger partial charge is 0.213 e. The van der Waals surface area contributed by atoms with Crippen LogP contribution in [0.15, 0.2) is 67.3 Å². The Hall–Kier alpha value is -3.64. The van der Waals surface area contributed by atoms with E-state index in [0.717, 1.165) is 23.1 Å². The van der Waals surface area contributed by atoms with E-state index in [0.29, 0.717) is 18.2 Å². The molecule has 3 N–H and O–H groups in total. The van der Waals surface area contributed by atoms with Crippen LogP contribution >= 0.6 is 0 Å². The van der Waals surface area contributed by atoms with Gasteiger partial charge >= 0.3 is 0 Å². The Labute approximate surface area is 175 Å². The number of aromatic nitrogens is 3. The van der Waals surface area contributed by atoms with Gasteiger partial charge in [-0.2, -0.15) is 0 Å². The van der Waals surface area contributed by atoms with Crippen LogP contribution in [0.5, 0.6) is 11.6 Å². The number of pyridine rings is 2. The first-order valence-electron chi connectivity index (χ1n) is 9.78. The largest absolute Gasteiger partial charge is 0.490 e. The zero-order valence-corrected chi connectivity index (χ0v) is 16.8. The Morgan fingerprint density at radius 2 is 1.97 bits per heavy atom. The Morgan fingerprint density at radius 3 is 2.87 bits per heavy atom. The Kier molecular flexibility index (Phi) is 6.06. The second kappa shape index (κ2) is 9.24. The molecule has 4 rings (SSSR count). The number of para-hydroxylation sites is 1. The van der Waals surface area contributed by atoms with E-state index in [2.05, 4.69) is 27.1 Å². The molecule has 0 aliphatic heterocycles. The molecule has 1 atom stereocenters. The van der Waals surface area contributed by atoms with E-state index in [4.69, 9.17) is 15.2 Å². The highest BCUT2D eigenvalue weighted by Crippen LogP contribution is 2.20. The predicted octanol–water partition coefficient (Wildman–Crippen LogP) is 4.09. The van der Waals surface area contributed by atoms with Gasteiger partial charge in [0.25, 0.3) is 0 Å². The predicted molar refractivity (Wildman–Crippen MR) is 119 cm³/mol. The number of ether oxygens (including phenoxy) is 2. The van der Waals surface area contributed by atoms with E-state index in [9.17, 15) is 0 Å². The van der Waals surface area contributed by atoms with Crippen LogP contribution in [0.25, 0.3) is 23.1 Å². The summed E-state index contributed by atoms with van der Waals surface area (Å²) >= 11 is 0. The summed E-state index contributed by atoms with van der Waals surface area (Å²) in [6.45, 7) is 0.413. The lowest BCUT2D eigenvalue weighted by Crippen LogP contribution is -2.30. The van der Waals surface area contributed by atoms with Gasteiger partial charge in [-0.15, -0.1) is 0 Å². The third kappa shape index (κ3) is 4.85. The lowest BCUT2D eigenvalue weighted by atomic mass is 10.1. The first-order chi connectivity index (χ1) is 14.7. The number of benzene rings is 1. The van der Waals surface area contributed by atoms with Gasteiger partial charge < -0.3 is 20.2 Å². The topological polar surface area (TPSA) is 86.0 Å². The molecule has 0 spiro atoms. The van der Waals surface area contributed by atoms with Gasteiger partial charge in [-0.1, -0.05) is 30.4 Å². The third-order valence-corrected chi connectivity index (χ3v) is 4.79. The van der Waals surface area contributed by atoms with E-state index in [-0.39, 0.29) is 6.04 Å². The number of nitrogens with two attached hydrogens (primary N) is 1. The van der Waals surface area contributed by atoms with E-state index < -0.39 is 0 Å². The first-order valence-corrected chi connectivity index (χ1v) is 9.78. The SMILES string of the molecule is COc1cc(/C=C/c2cncc(OC[C@@H](N)Cc3c[nH]c4ccccc34)c2)ccn1. The fourth-order valence-corrected chi connectivity index (χ4v) is 3.28. The molecule has 6 heteroatoms. The second-order valence-electron chi connectivity index (χ2n) is 7.05. The number of nitrogens with one attached hydrogen (secondary N) is 1. The summed E-state index contributed by atoms with van der Waals surface area (Å²) in [4.78, 5) is 11.7. The standard InChI is InChI=1S/C24H24N4O2/c1-29-24-11-17(8-9-27-24)6-7-18-10-21(15-26-13-18)30-16-20(25)12-19-14-28-23-5-3-2-4-22(19)23/h2-11,13-15,20,28H,12,16,25H2,1H3/b7-6+/t20-/m0/s1. The lowest BCUT2D eigenvalue weighted by molar-refractivity contribution is 0.287. The van der Waals surface area contributed by atoms with E-state index in [1.807, 2.05) is 48.7 Å². The van der Waals surface area contributed by atoms with Gasteiger partial charge in [0.2, 0.25) is 5.88 Å². The highest BCUT2D eigenvalue weighted by Gasteiger charge is 2.10. The zero-order valence-electron chi connectivity index (χ0n) is 16.8. The fraction of sp³-hybridized carbons (Fsp3) is 0.167. The van der Waals surface area contributed by atoms with Gasteiger partial charge in [0.05, 0.1) is 13.3 Å². The van der Waals surface area contributed by atoms with Crippen molar-refractivity contribution in [3.8, 4) is 11.6 Å². The number of H-pyrrole nitrogens is 1. The molecule has 0 unspecified atom stereocenters. The summed E-state index contributed by atoms with van der Waals surface area (Å²) in [6, 6.07) is 13.8. The van der Waals surface area contributed by atoms with Crippen molar-refractivity contribution in [2.75, 3.05) is 13.7 Å². The van der Waals surface area contributed by atoms with Crippen LogP contribution in [0.2, 0.25) is 0 Å². The molecule has 0 aliphatic carbocycles. The number of hydrogen-bond donors (Lipinski definition) is 2. The van der Waals surface area contributed by atoms with Crippen LogP contribution in [-0.4, -0.2) is 34.7 Å². The quantitative estimate of drug-likeness (QED) is 0.465. The Bertz CT molecular complexity index is 1150. The minimum Gasteiger partial charge on any atom is -0.490 e. The summed E-state index contributed by atoms with van der Waals surface area (Å²) in [6.07, 6.45) is 11.9. The van der Waals surface area contributed by atoms with Crippen molar-refractivity contribution in [1.82, 2.24) is 15.0 Å². The molecule has 0 radical (unpaired) electrons. The van der Waals surface area contributed by atoms with Crippen LogP contribution in [0, 0.1) is 0 Å². The molecule has 0 saturated heterocycles. The summed E-state index contributed by atoms with van der Waals surface area (Å²) < 4.78 is 11.0. The summed E-state index contributed by atoms with van der Waals surface area (Å²) in [5, 5.41) is 1.20. The lowest BCUT2D eigenvalue weighted by Gasteiger charge is -2.13. The molecule has 0 amide bonds. The maximum absolute atomic E-state index is 6.31. The molecule has 0 aliphatic rings. The number of hydrogen-bond acceptors (Lipinski definition) is 5. The van der Waals surface area contributed by atoms with Crippen molar-refractivity contribution in [3.63, 3.8) is 0 Å². The minimum absolute atomic E-state index is 0.118. The van der Waals surface area contributed by atoms with E-state index in [1.54, 1.807) is 25.7 Å². The highest BCUT2D eigenvalue weighted by atomic mass is 16.5. The van der Waals surface area contributed by atoms with Crippen molar-refractivity contribution in [1.29, 1.82) is 0 Å². The number of aromatic amines is 1. The summed E-state index contributed by atoms with van der Waals surface area (Å²) in [5.41, 5.74) is 10.6. The maximum Gasteiger partial charge on any atom is 0.213 e. The highest BCUT2D eigenvalue weighted by molar-refractivity contribution is 5.83. The van der Waals surface area contributed by atoms with E-state index in [1.165, 1.54) is 10.9 Å². The van der Waals surface area contributed by atoms with Crippen LogP contribution < -0.4 is 15.2 Å². The van der Waals surface area contributed by atoms with Crippen molar-refractivity contribution in [2.24, 2.45) is 5.73 Å². The third-order valence-electron chi connectivity index (χ3n) is 4.79. The van der Waals surface area contributed by atoms with Gasteiger partial charge in [-0.3, -0.25) is 4.98 Å². The summed E-state index contributed by atoms with van der Waals surface area (Å²) in [5.74, 6) is 1.27. The van der Waals surface area contributed by atoms with Crippen molar-refractivity contribution in [2.45, 2.75) is 12.5 Å². The van der Waals surface area contributed by atoms with Crippen LogP contribution in [-0.2, 0) is 6.42 Å². The normalized spacial score (nSPS) is 12.3. The fourth-order valence-electron chi connectivity index (χ4n) is 3.28. The van der Waals surface area contributed by atoms with Crippen LogP contribution in [0.1, 0.15) is 16.7 Å². The van der Waals surface area contributed by atoms with Crippen LogP contribution in [0.3, 0.4) is 0 Å². The first kappa shape index (κ1) is 19.7. The molecule has 152 valence electrons. The van der Waals surface area contributed by atoms with Gasteiger partial charge in [-0.25, -0.2) is 4.98 Å². The number of rotatable bonds is 8. The molecular formula is C24H24N4O2. The number of nitrogens with zero attached hydrogens (tertiary/aromatic N) is 2. The Morgan fingerprint density at radius 1 is 1.10 bits per heavy atom. The molecule has 6 nitrogen and oxygen atoms in total. The minimum atomic E-state index is -0.118. The Balaban J connectivity index is 1.36. The molecule has 0 fully saturated rings. The van der Waals surface area contributed by atoms with Crippen LogP contribution in [0.4, 0.5) is 0 Å². The molecule has 4 aromatic rings. The van der Waals surface area contributed by atoms with Gasteiger partial charge in [0, 0.05) is 41.6 Å². The monoisotopic (exact) mass is 400 g/mol. The number of methoxy groups -OCH3 is 1. The maximum atomic E-state index is 6.31. The molecule has 1 aromatic carbocycles. The second-order valence-corrected chi connectivity index (χ2v) is 7.05. The van der Waals surface area contributed by atoms with Gasteiger partial charge in [0.1, 0.15) is 12.4 Å². The number of fused-ring (bicyclic) bond motifs is 1. The molecule has 0 bridgehead atoms. The molecule has 0 saturated carbocycles. The zero-order chi connectivity index (χ0) is 20.8. The van der Waals surface area contributed by atoms with Crippen molar-refractivity contribution < 1.29 is 9.47 Å². The molecule has 3 aromatic heterocycles. The van der Waals surface area contributed by atoms with Crippen molar-refractivity contribution >= 4 is 23.1 Å². The van der Waals surface area contributed by atoms with Gasteiger partial charge in [0.15, 0.2) is 0 Å². The average Bonchev–Trinajstić information content (AvgIpc) is 3.19. The van der Waals surface area contributed by atoms with Crippen molar-refractivity contribution in [3.05, 3.63) is 83.9 Å². The molecule has 3 heterocycles. The summed E-state index contributed by atoms with van der Waals surface area (Å²) in [7, 11) is 1.60.